The zero-order valence-corrected chi connectivity index (χ0v) is 13.0. The molecule has 1 rings (SSSR count). The Kier molecular flexibility index (Phi) is 6.94. The van der Waals surface area contributed by atoms with Crippen LogP contribution in [0.2, 0.25) is 0 Å². The predicted molar refractivity (Wildman–Crippen MR) is 82.0 cm³/mol. The van der Waals surface area contributed by atoms with Gasteiger partial charge in [0.2, 0.25) is 0 Å². The molecular weight excluding hydrogens is 295 g/mol. The van der Waals surface area contributed by atoms with Gasteiger partial charge in [0.25, 0.3) is 0 Å². The quantitative estimate of drug-likeness (QED) is 0.428. The molecular formula is C14H22F3N5. The summed E-state index contributed by atoms with van der Waals surface area (Å²) in [5, 5.41) is 8.89. The third-order valence-electron chi connectivity index (χ3n) is 3.04. The van der Waals surface area contributed by atoms with Crippen molar-refractivity contribution in [2.75, 3.05) is 25.5 Å². The van der Waals surface area contributed by atoms with Crippen LogP contribution in [0.1, 0.15) is 25.8 Å². The molecule has 0 spiro atoms. The second-order valence-corrected chi connectivity index (χ2v) is 4.78. The summed E-state index contributed by atoms with van der Waals surface area (Å²) in [5.41, 5.74) is -0.767. The lowest BCUT2D eigenvalue weighted by Crippen LogP contribution is -2.43. The Morgan fingerprint density at radius 3 is 2.68 bits per heavy atom. The van der Waals surface area contributed by atoms with Crippen LogP contribution in [0.15, 0.2) is 23.3 Å². The molecule has 0 aromatic carbocycles. The Hall–Kier alpha value is -1.99. The molecule has 0 amide bonds. The highest BCUT2D eigenvalue weighted by Gasteiger charge is 2.33. The summed E-state index contributed by atoms with van der Waals surface area (Å²) in [6, 6.07) is 2.54. The van der Waals surface area contributed by atoms with Crippen LogP contribution in [0, 0.1) is 0 Å². The first-order valence-corrected chi connectivity index (χ1v) is 7.11. The summed E-state index contributed by atoms with van der Waals surface area (Å²) >= 11 is 0. The zero-order chi connectivity index (χ0) is 16.6. The van der Waals surface area contributed by atoms with Gasteiger partial charge in [0.05, 0.1) is 5.56 Å². The monoisotopic (exact) mass is 317 g/mol. The van der Waals surface area contributed by atoms with Crippen molar-refractivity contribution in [1.29, 1.82) is 0 Å². The predicted octanol–water partition coefficient (Wildman–Crippen LogP) is 2.48. The van der Waals surface area contributed by atoms with E-state index in [0.717, 1.165) is 12.5 Å². The normalized spacial score (nSPS) is 13.6. The zero-order valence-electron chi connectivity index (χ0n) is 13.0. The van der Waals surface area contributed by atoms with Crippen molar-refractivity contribution < 1.29 is 13.2 Å². The van der Waals surface area contributed by atoms with E-state index in [2.05, 4.69) is 25.9 Å². The van der Waals surface area contributed by atoms with Crippen LogP contribution >= 0.6 is 0 Å². The van der Waals surface area contributed by atoms with Crippen molar-refractivity contribution in [1.82, 2.24) is 15.6 Å². The number of halogens is 3. The van der Waals surface area contributed by atoms with E-state index in [1.54, 1.807) is 7.05 Å². The van der Waals surface area contributed by atoms with E-state index in [-0.39, 0.29) is 11.9 Å². The Morgan fingerprint density at radius 1 is 1.36 bits per heavy atom. The van der Waals surface area contributed by atoms with Gasteiger partial charge in [-0.25, -0.2) is 4.98 Å². The Morgan fingerprint density at radius 2 is 2.09 bits per heavy atom. The van der Waals surface area contributed by atoms with E-state index in [4.69, 9.17) is 0 Å². The number of pyridine rings is 1. The van der Waals surface area contributed by atoms with E-state index in [0.29, 0.717) is 19.0 Å². The SMILES string of the molecule is CCC(C)NC(=NC)NCCNc1ncccc1C(F)(F)F. The lowest BCUT2D eigenvalue weighted by Gasteiger charge is -2.17. The molecule has 0 saturated heterocycles. The summed E-state index contributed by atoms with van der Waals surface area (Å²) in [5.74, 6) is 0.454. The van der Waals surface area contributed by atoms with Gasteiger partial charge in [0, 0.05) is 32.4 Å². The number of rotatable bonds is 6. The Balaban J connectivity index is 2.48. The van der Waals surface area contributed by atoms with Crippen LogP contribution in [0.4, 0.5) is 19.0 Å². The largest absolute Gasteiger partial charge is 0.419 e. The van der Waals surface area contributed by atoms with Crippen LogP contribution < -0.4 is 16.0 Å². The fourth-order valence-corrected chi connectivity index (χ4v) is 1.67. The molecule has 1 aromatic rings. The van der Waals surface area contributed by atoms with Crippen LogP contribution in [0.3, 0.4) is 0 Å². The average Bonchev–Trinajstić information content (AvgIpc) is 2.49. The third kappa shape index (κ3) is 5.79. The van der Waals surface area contributed by atoms with E-state index in [1.807, 2.05) is 13.8 Å². The summed E-state index contributed by atoms with van der Waals surface area (Å²) in [6.07, 6.45) is -2.14. The van der Waals surface area contributed by atoms with Crippen LogP contribution in [-0.2, 0) is 6.18 Å². The Bertz CT molecular complexity index is 488. The van der Waals surface area contributed by atoms with Gasteiger partial charge in [0.1, 0.15) is 5.82 Å². The lowest BCUT2D eigenvalue weighted by atomic mass is 10.2. The topological polar surface area (TPSA) is 61.3 Å². The molecule has 0 saturated carbocycles. The second-order valence-electron chi connectivity index (χ2n) is 4.78. The van der Waals surface area contributed by atoms with Gasteiger partial charge >= 0.3 is 6.18 Å². The molecule has 1 heterocycles. The van der Waals surface area contributed by atoms with E-state index < -0.39 is 11.7 Å². The number of nitrogens with one attached hydrogen (secondary N) is 3. The molecule has 22 heavy (non-hydrogen) atoms. The third-order valence-corrected chi connectivity index (χ3v) is 3.04. The molecule has 0 fully saturated rings. The van der Waals surface area contributed by atoms with Crippen molar-refractivity contribution in [2.45, 2.75) is 32.5 Å². The van der Waals surface area contributed by atoms with Crippen molar-refractivity contribution >= 4 is 11.8 Å². The van der Waals surface area contributed by atoms with Crippen molar-refractivity contribution in [3.8, 4) is 0 Å². The summed E-state index contributed by atoms with van der Waals surface area (Å²) < 4.78 is 38.4. The first kappa shape index (κ1) is 18.1. The maximum atomic E-state index is 12.8. The maximum absolute atomic E-state index is 12.8. The number of alkyl halides is 3. The first-order valence-electron chi connectivity index (χ1n) is 7.11. The van der Waals surface area contributed by atoms with E-state index in [1.165, 1.54) is 12.3 Å². The highest BCUT2D eigenvalue weighted by Crippen LogP contribution is 2.33. The standard InChI is InChI=1S/C14H22F3N5/c1-4-10(2)22-13(18-3)21-9-8-20-12-11(14(15,16)17)6-5-7-19-12/h5-7,10H,4,8-9H2,1-3H3,(H,19,20)(H2,18,21,22). The minimum Gasteiger partial charge on any atom is -0.368 e. The number of hydrogen-bond acceptors (Lipinski definition) is 3. The molecule has 0 radical (unpaired) electrons. The molecule has 1 unspecified atom stereocenters. The molecule has 124 valence electrons. The van der Waals surface area contributed by atoms with Crippen molar-refractivity contribution in [3.05, 3.63) is 23.9 Å². The van der Waals surface area contributed by atoms with Gasteiger partial charge in [-0.1, -0.05) is 6.92 Å². The molecule has 0 aliphatic heterocycles. The number of guanidine groups is 1. The van der Waals surface area contributed by atoms with Gasteiger partial charge in [-0.3, -0.25) is 4.99 Å². The number of hydrogen-bond donors (Lipinski definition) is 3. The average molecular weight is 317 g/mol. The number of nitrogens with zero attached hydrogens (tertiary/aromatic N) is 2. The lowest BCUT2D eigenvalue weighted by molar-refractivity contribution is -0.137. The van der Waals surface area contributed by atoms with Gasteiger partial charge in [-0.15, -0.1) is 0 Å². The molecule has 1 aromatic heterocycles. The molecule has 0 bridgehead atoms. The molecule has 0 aliphatic rings. The summed E-state index contributed by atoms with van der Waals surface area (Å²) in [6.45, 7) is 4.78. The highest BCUT2D eigenvalue weighted by molar-refractivity contribution is 5.79. The molecule has 5 nitrogen and oxygen atoms in total. The second kappa shape index (κ2) is 8.45. The van der Waals surface area contributed by atoms with Gasteiger partial charge in [-0.05, 0) is 25.5 Å². The van der Waals surface area contributed by atoms with Crippen molar-refractivity contribution in [2.24, 2.45) is 4.99 Å². The maximum Gasteiger partial charge on any atom is 0.419 e. The Labute approximate surface area is 128 Å². The number of anilines is 1. The number of aromatic nitrogens is 1. The van der Waals surface area contributed by atoms with Crippen LogP contribution in [0.25, 0.3) is 0 Å². The highest BCUT2D eigenvalue weighted by atomic mass is 19.4. The van der Waals surface area contributed by atoms with E-state index >= 15 is 0 Å². The minimum atomic E-state index is -4.42. The van der Waals surface area contributed by atoms with E-state index in [9.17, 15) is 13.2 Å². The summed E-state index contributed by atoms with van der Waals surface area (Å²) in [4.78, 5) is 7.79. The van der Waals surface area contributed by atoms with Gasteiger partial charge in [-0.2, -0.15) is 13.2 Å². The van der Waals surface area contributed by atoms with Crippen LogP contribution in [0.5, 0.6) is 0 Å². The summed E-state index contributed by atoms with van der Waals surface area (Å²) in [7, 11) is 1.64. The molecule has 1 atom stereocenters. The first-order chi connectivity index (χ1) is 10.4. The minimum absolute atomic E-state index is 0.165. The van der Waals surface area contributed by atoms with Crippen molar-refractivity contribution in [3.63, 3.8) is 0 Å². The molecule has 8 heteroatoms. The molecule has 0 aliphatic carbocycles. The van der Waals surface area contributed by atoms with Crippen LogP contribution in [-0.4, -0.2) is 37.1 Å². The molecule has 3 N–H and O–H groups in total. The fourth-order valence-electron chi connectivity index (χ4n) is 1.67. The number of aliphatic imine (C=N–C) groups is 1. The fraction of sp³-hybridized carbons (Fsp3) is 0.571. The van der Waals surface area contributed by atoms with Gasteiger partial charge < -0.3 is 16.0 Å². The van der Waals surface area contributed by atoms with Gasteiger partial charge in [0.15, 0.2) is 5.96 Å². The smallest absolute Gasteiger partial charge is 0.368 e.